The molecule has 1 aromatic heterocycles. The number of thiazole rings is 1. The molecule has 1 aromatic rings. The van der Waals surface area contributed by atoms with Crippen molar-refractivity contribution in [1.29, 1.82) is 0 Å². The largest absolute Gasteiger partial charge is 1.00 e. The molecule has 0 unspecified atom stereocenters. The Kier molecular flexibility index (Phi) is 6.02. The normalized spacial score (nSPS) is 8.77. The molecule has 0 saturated heterocycles. The summed E-state index contributed by atoms with van der Waals surface area (Å²) in [5.74, 6) is 0. The van der Waals surface area contributed by atoms with E-state index in [9.17, 15) is 0 Å². The molecular weight excluding hydrogens is 299 g/mol. The van der Waals surface area contributed by atoms with Gasteiger partial charge in [0.25, 0.3) is 0 Å². The van der Waals surface area contributed by atoms with Crippen LogP contribution in [0.1, 0.15) is 10.6 Å². The Morgan fingerprint density at radius 2 is 2.38 bits per heavy atom. The average molecular weight is 310 g/mol. The van der Waals surface area contributed by atoms with Gasteiger partial charge >= 0.3 is 0 Å². The molecule has 0 aliphatic heterocycles. The first-order valence-electron chi connectivity index (χ1n) is 3.69. The third kappa shape index (κ3) is 3.50. The summed E-state index contributed by atoms with van der Waals surface area (Å²) in [5, 5.41) is 3.50. The minimum atomic E-state index is 0. The van der Waals surface area contributed by atoms with Crippen LogP contribution in [0.25, 0.3) is 10.4 Å². The van der Waals surface area contributed by atoms with Crippen LogP contribution < -0.4 is 28.5 Å². The molecule has 0 aromatic carbocycles. The van der Waals surface area contributed by atoms with E-state index in [1.54, 1.807) is 11.3 Å². The smallest absolute Gasteiger partial charge is 0.224 e. The number of rotatable bonds is 3. The summed E-state index contributed by atoms with van der Waals surface area (Å²) in [6.45, 7) is 2.62. The van der Waals surface area contributed by atoms with E-state index in [0.29, 0.717) is 6.54 Å². The highest BCUT2D eigenvalue weighted by molar-refractivity contribution is 7.09. The van der Waals surface area contributed by atoms with Crippen LogP contribution >= 0.6 is 11.3 Å². The Morgan fingerprint density at radius 1 is 1.69 bits per heavy atom. The lowest BCUT2D eigenvalue weighted by Gasteiger charge is -1.89. The Hall–Kier alpha value is -0.330. The molecule has 0 atom stereocenters. The van der Waals surface area contributed by atoms with Crippen molar-refractivity contribution >= 4 is 11.3 Å². The van der Waals surface area contributed by atoms with E-state index >= 15 is 0 Å². The van der Waals surface area contributed by atoms with Gasteiger partial charge in [0.2, 0.25) is 5.51 Å². The number of azide groups is 1. The average Bonchev–Trinajstić information content (AvgIpc) is 2.36. The van der Waals surface area contributed by atoms with Gasteiger partial charge in [0.15, 0.2) is 5.69 Å². The molecule has 0 saturated carbocycles. The van der Waals surface area contributed by atoms with Gasteiger partial charge in [-0.25, -0.2) is 0 Å². The fraction of sp³-hybridized carbons (Fsp3) is 0.571. The Bertz CT molecular complexity index is 316. The molecule has 0 radical (unpaired) electrons. The first-order chi connectivity index (χ1) is 5.75. The van der Waals surface area contributed by atoms with Crippen molar-refractivity contribution < 1.29 is 28.5 Å². The number of halogens is 1. The van der Waals surface area contributed by atoms with Crippen molar-refractivity contribution in [2.24, 2.45) is 12.2 Å². The predicted molar refractivity (Wildman–Crippen MR) is 47.9 cm³/mol. The topological polar surface area (TPSA) is 52.6 Å². The highest BCUT2D eigenvalue weighted by Crippen LogP contribution is 2.10. The van der Waals surface area contributed by atoms with Crippen LogP contribution in [-0.4, -0.2) is 6.54 Å². The summed E-state index contributed by atoms with van der Waals surface area (Å²) in [6.07, 6.45) is 0.849. The van der Waals surface area contributed by atoms with E-state index in [1.165, 1.54) is 10.6 Å². The molecule has 0 N–H and O–H groups in total. The van der Waals surface area contributed by atoms with Gasteiger partial charge in [-0.05, 0) is 12.0 Å². The molecule has 0 spiro atoms. The van der Waals surface area contributed by atoms with Gasteiger partial charge in [-0.15, -0.1) is 0 Å². The van der Waals surface area contributed by atoms with Crippen molar-refractivity contribution in [2.45, 2.75) is 13.3 Å². The van der Waals surface area contributed by atoms with Gasteiger partial charge in [0, 0.05) is 18.4 Å². The molecule has 1 heterocycles. The molecule has 0 aliphatic rings. The van der Waals surface area contributed by atoms with Crippen LogP contribution in [-0.2, 0) is 13.5 Å². The number of aromatic nitrogens is 1. The molecule has 6 heteroatoms. The maximum atomic E-state index is 8.08. The predicted octanol–water partition coefficient (Wildman–Crippen LogP) is -1.26. The standard InChI is InChI=1S/C7H11N4S.HI/c1-6-7(3-4-9-10-8)12-5-11(6)2;/h5H,3-4H2,1-2H3;1H/q+1;/p-1. The maximum absolute atomic E-state index is 8.08. The van der Waals surface area contributed by atoms with Crippen LogP contribution in [0.2, 0.25) is 0 Å². The monoisotopic (exact) mass is 310 g/mol. The molecule has 0 aliphatic carbocycles. The van der Waals surface area contributed by atoms with Crippen molar-refractivity contribution in [2.75, 3.05) is 6.54 Å². The second-order valence-electron chi connectivity index (χ2n) is 2.55. The van der Waals surface area contributed by atoms with E-state index < -0.39 is 0 Å². The summed E-state index contributed by atoms with van der Waals surface area (Å²) < 4.78 is 2.08. The number of aryl methyl sites for hydroxylation is 1. The van der Waals surface area contributed by atoms with Crippen molar-refractivity contribution in [1.82, 2.24) is 0 Å². The molecule has 0 bridgehead atoms. The number of nitrogens with zero attached hydrogens (tertiary/aromatic N) is 4. The summed E-state index contributed by atoms with van der Waals surface area (Å²) in [5.41, 5.74) is 11.4. The van der Waals surface area contributed by atoms with Crippen LogP contribution in [0.15, 0.2) is 10.6 Å². The Balaban J connectivity index is 0.00000144. The quantitative estimate of drug-likeness (QED) is 0.220. The lowest BCUT2D eigenvalue weighted by molar-refractivity contribution is -0.672. The Labute approximate surface area is 98.2 Å². The minimum Gasteiger partial charge on any atom is -1.00 e. The highest BCUT2D eigenvalue weighted by Gasteiger charge is 2.09. The summed E-state index contributed by atoms with van der Waals surface area (Å²) in [4.78, 5) is 4.01. The van der Waals surface area contributed by atoms with E-state index in [0.717, 1.165) is 6.42 Å². The molecule has 13 heavy (non-hydrogen) atoms. The zero-order valence-corrected chi connectivity index (χ0v) is 10.5. The molecule has 4 nitrogen and oxygen atoms in total. The molecule has 72 valence electrons. The van der Waals surface area contributed by atoms with Gasteiger partial charge in [-0.3, -0.25) is 0 Å². The summed E-state index contributed by atoms with van der Waals surface area (Å²) >= 11 is 1.71. The lowest BCUT2D eigenvalue weighted by Crippen LogP contribution is -3.00. The van der Waals surface area contributed by atoms with Gasteiger partial charge in [-0.2, -0.15) is 4.57 Å². The van der Waals surface area contributed by atoms with Gasteiger partial charge in [0.1, 0.15) is 7.05 Å². The summed E-state index contributed by atoms with van der Waals surface area (Å²) in [7, 11) is 2.02. The minimum absolute atomic E-state index is 0. The van der Waals surface area contributed by atoms with Crippen LogP contribution in [0.3, 0.4) is 0 Å². The van der Waals surface area contributed by atoms with Crippen molar-refractivity contribution in [3.8, 4) is 0 Å². The SMILES string of the molecule is Cc1c(CCN=[N+]=[N-])sc[n+]1C.[I-]. The number of hydrogen-bond acceptors (Lipinski definition) is 2. The maximum Gasteiger partial charge on any atom is 0.224 e. The fourth-order valence-electron chi connectivity index (χ4n) is 0.940. The number of hydrogen-bond donors (Lipinski definition) is 0. The zero-order chi connectivity index (χ0) is 8.97. The van der Waals surface area contributed by atoms with Crippen LogP contribution in [0.5, 0.6) is 0 Å². The summed E-state index contributed by atoms with van der Waals surface area (Å²) in [6, 6.07) is 0. The Morgan fingerprint density at radius 3 is 2.85 bits per heavy atom. The third-order valence-corrected chi connectivity index (χ3v) is 2.99. The molecule has 0 amide bonds. The van der Waals surface area contributed by atoms with Gasteiger partial charge in [0.05, 0.1) is 4.88 Å². The van der Waals surface area contributed by atoms with Gasteiger partial charge < -0.3 is 24.0 Å². The van der Waals surface area contributed by atoms with E-state index in [4.69, 9.17) is 5.53 Å². The van der Waals surface area contributed by atoms with E-state index in [1.807, 2.05) is 7.05 Å². The van der Waals surface area contributed by atoms with Gasteiger partial charge in [-0.1, -0.05) is 16.5 Å². The van der Waals surface area contributed by atoms with E-state index in [2.05, 4.69) is 27.0 Å². The zero-order valence-electron chi connectivity index (χ0n) is 7.57. The second-order valence-corrected chi connectivity index (χ2v) is 3.49. The molecule has 1 rings (SSSR count). The van der Waals surface area contributed by atoms with Crippen molar-refractivity contribution in [3.05, 3.63) is 26.5 Å². The van der Waals surface area contributed by atoms with Crippen molar-refractivity contribution in [3.63, 3.8) is 0 Å². The second kappa shape index (κ2) is 6.17. The molecular formula is C7H11IN4S. The lowest BCUT2D eigenvalue weighted by atomic mass is 10.3. The first kappa shape index (κ1) is 12.7. The first-order valence-corrected chi connectivity index (χ1v) is 4.57. The van der Waals surface area contributed by atoms with E-state index in [-0.39, 0.29) is 24.0 Å². The molecule has 0 fully saturated rings. The van der Waals surface area contributed by atoms with Crippen LogP contribution in [0.4, 0.5) is 0 Å². The fourth-order valence-corrected chi connectivity index (χ4v) is 1.91. The highest BCUT2D eigenvalue weighted by atomic mass is 127. The van der Waals surface area contributed by atoms with Crippen LogP contribution in [0, 0.1) is 6.92 Å². The third-order valence-electron chi connectivity index (χ3n) is 1.79.